The second-order valence-corrected chi connectivity index (χ2v) is 22.0. The zero-order valence-corrected chi connectivity index (χ0v) is 51.0. The molecule has 0 spiro atoms. The van der Waals surface area contributed by atoms with Gasteiger partial charge in [-0.2, -0.15) is 0 Å². The predicted molar refractivity (Wildman–Crippen MR) is 334 cm³/mol. The Balaban J connectivity index is 4.40. The molecule has 0 N–H and O–H groups in total. The largest absolute Gasteiger partial charge is 0.462 e. The van der Waals surface area contributed by atoms with E-state index in [1.54, 1.807) is 0 Å². The van der Waals surface area contributed by atoms with Crippen molar-refractivity contribution in [1.29, 1.82) is 0 Å². The van der Waals surface area contributed by atoms with E-state index in [4.69, 9.17) is 14.2 Å². The van der Waals surface area contributed by atoms with Gasteiger partial charge in [0.2, 0.25) is 0 Å². The Morgan fingerprint density at radius 2 is 0.506 bits per heavy atom. The molecule has 1 atom stereocenters. The molecule has 1 unspecified atom stereocenters. The molecule has 0 aromatic carbocycles. The van der Waals surface area contributed by atoms with E-state index in [1.165, 1.54) is 173 Å². The molecule has 6 heteroatoms. The number of esters is 3. The van der Waals surface area contributed by atoms with Crippen molar-refractivity contribution < 1.29 is 28.6 Å². The van der Waals surface area contributed by atoms with Crippen molar-refractivity contribution in [2.45, 2.75) is 335 Å². The summed E-state index contributed by atoms with van der Waals surface area (Å²) in [7, 11) is 0. The van der Waals surface area contributed by atoms with Crippen LogP contribution < -0.4 is 0 Å². The minimum Gasteiger partial charge on any atom is -0.462 e. The van der Waals surface area contributed by atoms with Crippen molar-refractivity contribution in [3.05, 3.63) is 85.1 Å². The number of unbranched alkanes of at least 4 members (excludes halogenated alkanes) is 35. The lowest BCUT2D eigenvalue weighted by Crippen LogP contribution is -2.30. The Morgan fingerprint density at radius 3 is 0.818 bits per heavy atom. The summed E-state index contributed by atoms with van der Waals surface area (Å²) >= 11 is 0. The van der Waals surface area contributed by atoms with Crippen molar-refractivity contribution in [2.24, 2.45) is 0 Å². The summed E-state index contributed by atoms with van der Waals surface area (Å²) in [6.45, 7) is 6.52. The second-order valence-electron chi connectivity index (χ2n) is 22.0. The fourth-order valence-corrected chi connectivity index (χ4v) is 9.44. The van der Waals surface area contributed by atoms with E-state index >= 15 is 0 Å². The van der Waals surface area contributed by atoms with Crippen LogP contribution in [0.3, 0.4) is 0 Å². The molecule has 0 aliphatic carbocycles. The van der Waals surface area contributed by atoms with E-state index in [9.17, 15) is 14.4 Å². The molecule has 0 heterocycles. The average molecular weight is 1070 g/mol. The van der Waals surface area contributed by atoms with Crippen LogP contribution in [0, 0.1) is 0 Å². The van der Waals surface area contributed by atoms with Gasteiger partial charge in [0.05, 0.1) is 0 Å². The van der Waals surface area contributed by atoms with E-state index in [-0.39, 0.29) is 31.1 Å². The first-order valence-electron chi connectivity index (χ1n) is 33.1. The van der Waals surface area contributed by atoms with Gasteiger partial charge in [-0.25, -0.2) is 0 Å². The zero-order valence-electron chi connectivity index (χ0n) is 51.0. The molecule has 0 fully saturated rings. The van der Waals surface area contributed by atoms with Crippen LogP contribution in [0.1, 0.15) is 329 Å². The van der Waals surface area contributed by atoms with Crippen LogP contribution in [-0.2, 0) is 28.6 Å². The molecular formula is C71H124O6. The van der Waals surface area contributed by atoms with Crippen LogP contribution in [0.15, 0.2) is 85.1 Å². The minimum absolute atomic E-state index is 0.0842. The van der Waals surface area contributed by atoms with Gasteiger partial charge >= 0.3 is 17.9 Å². The van der Waals surface area contributed by atoms with E-state index in [1.807, 2.05) is 0 Å². The fourth-order valence-electron chi connectivity index (χ4n) is 9.44. The molecule has 0 rings (SSSR count). The first kappa shape index (κ1) is 73.6. The summed E-state index contributed by atoms with van der Waals surface area (Å²) in [5.74, 6) is -0.895. The second kappa shape index (κ2) is 65.1. The third-order valence-corrected chi connectivity index (χ3v) is 14.4. The van der Waals surface area contributed by atoms with Crippen LogP contribution in [0.25, 0.3) is 0 Å². The highest BCUT2D eigenvalue weighted by Crippen LogP contribution is 2.17. The van der Waals surface area contributed by atoms with E-state index in [2.05, 4.69) is 106 Å². The minimum atomic E-state index is -0.791. The highest BCUT2D eigenvalue weighted by Gasteiger charge is 2.19. The molecule has 0 bridgehead atoms. The molecule has 0 aliphatic rings. The lowest BCUT2D eigenvalue weighted by atomic mass is 10.0. The Morgan fingerprint density at radius 1 is 0.273 bits per heavy atom. The van der Waals surface area contributed by atoms with Crippen LogP contribution in [0.2, 0.25) is 0 Å². The normalized spacial score (nSPS) is 12.6. The molecule has 0 radical (unpaired) electrons. The number of carbonyl (C=O) groups excluding carboxylic acids is 3. The summed E-state index contributed by atoms with van der Waals surface area (Å²) in [5.41, 5.74) is 0. The number of ether oxygens (including phenoxy) is 3. The Bertz CT molecular complexity index is 1470. The first-order valence-corrected chi connectivity index (χ1v) is 33.1. The van der Waals surface area contributed by atoms with Gasteiger partial charge in [-0.3, -0.25) is 14.4 Å². The Labute approximate surface area is 477 Å². The maximum atomic E-state index is 12.9. The number of hydrogen-bond donors (Lipinski definition) is 0. The van der Waals surface area contributed by atoms with Gasteiger partial charge in [-0.1, -0.05) is 298 Å². The van der Waals surface area contributed by atoms with Crippen LogP contribution in [-0.4, -0.2) is 37.2 Å². The van der Waals surface area contributed by atoms with Gasteiger partial charge < -0.3 is 14.2 Å². The van der Waals surface area contributed by atoms with Gasteiger partial charge in [0.15, 0.2) is 6.10 Å². The van der Waals surface area contributed by atoms with Crippen LogP contribution in [0.4, 0.5) is 0 Å². The van der Waals surface area contributed by atoms with E-state index in [0.29, 0.717) is 19.3 Å². The van der Waals surface area contributed by atoms with E-state index < -0.39 is 6.10 Å². The Kier molecular flexibility index (Phi) is 62.2. The van der Waals surface area contributed by atoms with Gasteiger partial charge in [-0.05, 0) is 96.3 Å². The molecule has 0 saturated heterocycles. The number of hydrogen-bond acceptors (Lipinski definition) is 6. The summed E-state index contributed by atoms with van der Waals surface area (Å²) in [4.78, 5) is 38.4. The smallest absolute Gasteiger partial charge is 0.306 e. The SMILES string of the molecule is CC/C=C\C/C=C\C/C=C\C/C=C\CCCCCCCCC(=O)OC(COC(=O)CCCCCCCC/C=C\C/C=C\C/C=C\CCCCC)COC(=O)CCCCCCCCCCCCCCCCCCCCCCC. The van der Waals surface area contributed by atoms with Gasteiger partial charge in [-0.15, -0.1) is 0 Å². The molecule has 0 aliphatic heterocycles. The molecular weight excluding hydrogens is 949 g/mol. The Hall–Kier alpha value is -3.41. The van der Waals surface area contributed by atoms with Crippen molar-refractivity contribution in [1.82, 2.24) is 0 Å². The highest BCUT2D eigenvalue weighted by molar-refractivity contribution is 5.71. The van der Waals surface area contributed by atoms with Crippen LogP contribution in [0.5, 0.6) is 0 Å². The maximum Gasteiger partial charge on any atom is 0.306 e. The van der Waals surface area contributed by atoms with Crippen molar-refractivity contribution in [2.75, 3.05) is 13.2 Å². The quantitative estimate of drug-likeness (QED) is 0.0261. The van der Waals surface area contributed by atoms with Gasteiger partial charge in [0, 0.05) is 19.3 Å². The van der Waals surface area contributed by atoms with E-state index in [0.717, 1.165) is 116 Å². The summed E-state index contributed by atoms with van der Waals surface area (Å²) in [6, 6.07) is 0. The van der Waals surface area contributed by atoms with Gasteiger partial charge in [0.25, 0.3) is 0 Å². The molecule has 0 aromatic heterocycles. The standard InChI is InChI=1S/C71H124O6/c1-4-7-10-13-16-19-22-25-28-31-34-35-38-40-43-46-49-52-55-58-61-64-70(73)76-67-68(77-71(74)65-62-59-56-53-50-47-44-41-37-33-30-27-24-21-18-15-12-9-6-3)66-75-69(72)63-60-57-54-51-48-45-42-39-36-32-29-26-23-20-17-14-11-8-5-2/h9,12,17-18,20-21,26-27,29-30,36-37,39,41,68H,4-8,10-11,13-16,19,22-25,28,31-35,38,40,42-67H2,1-3H3/b12-9-,20-17-,21-18-,29-26-,30-27-,39-36-,41-37-. The topological polar surface area (TPSA) is 78.9 Å². The predicted octanol–water partition coefficient (Wildman–Crippen LogP) is 22.7. The number of rotatable bonds is 60. The highest BCUT2D eigenvalue weighted by atomic mass is 16.6. The molecule has 0 amide bonds. The van der Waals surface area contributed by atoms with Crippen molar-refractivity contribution in [3.8, 4) is 0 Å². The average Bonchev–Trinajstić information content (AvgIpc) is 3.43. The van der Waals surface area contributed by atoms with Crippen molar-refractivity contribution in [3.63, 3.8) is 0 Å². The third kappa shape index (κ3) is 63.3. The molecule has 444 valence electrons. The van der Waals surface area contributed by atoms with Crippen LogP contribution >= 0.6 is 0 Å². The number of allylic oxidation sites excluding steroid dienone is 14. The summed E-state index contributed by atoms with van der Waals surface area (Å²) in [5, 5.41) is 0. The molecule has 0 saturated carbocycles. The molecule has 0 aromatic rings. The maximum absolute atomic E-state index is 12.9. The lowest BCUT2D eigenvalue weighted by molar-refractivity contribution is -0.167. The van der Waals surface area contributed by atoms with Crippen molar-refractivity contribution >= 4 is 17.9 Å². The summed E-state index contributed by atoms with van der Waals surface area (Å²) < 4.78 is 17.0. The number of carbonyl (C=O) groups is 3. The monoisotopic (exact) mass is 1070 g/mol. The lowest BCUT2D eigenvalue weighted by Gasteiger charge is -2.18. The van der Waals surface area contributed by atoms with Gasteiger partial charge in [0.1, 0.15) is 13.2 Å². The molecule has 6 nitrogen and oxygen atoms in total. The first-order chi connectivity index (χ1) is 38.0. The third-order valence-electron chi connectivity index (χ3n) is 14.4. The summed E-state index contributed by atoms with van der Waals surface area (Å²) in [6.07, 6.45) is 85.9. The zero-order chi connectivity index (χ0) is 55.7. The fraction of sp³-hybridized carbons (Fsp3) is 0.761. The molecule has 77 heavy (non-hydrogen) atoms.